The van der Waals surface area contributed by atoms with Crippen molar-refractivity contribution in [1.82, 2.24) is 9.97 Å². The van der Waals surface area contributed by atoms with E-state index in [2.05, 4.69) is 16.9 Å². The fourth-order valence-corrected chi connectivity index (χ4v) is 2.39. The van der Waals surface area contributed by atoms with Gasteiger partial charge in [-0.05, 0) is 25.2 Å². The normalized spacial score (nSPS) is 24.2. The fraction of sp³-hybridized carbons (Fsp3) is 0.583. The molecule has 1 aromatic rings. The zero-order valence-corrected chi connectivity index (χ0v) is 9.36. The molecule has 1 heterocycles. The number of rotatable bonds is 2. The summed E-state index contributed by atoms with van der Waals surface area (Å²) in [6, 6.07) is 1.83. The van der Waals surface area contributed by atoms with Crippen molar-refractivity contribution in [2.45, 2.75) is 38.5 Å². The Balaban J connectivity index is 2.20. The summed E-state index contributed by atoms with van der Waals surface area (Å²) in [4.78, 5) is 18.4. The molecule has 2 atom stereocenters. The van der Waals surface area contributed by atoms with Gasteiger partial charge in [0.2, 0.25) is 0 Å². The maximum Gasteiger partial charge on any atom is 0.268 e. The maximum absolute atomic E-state index is 11.5. The van der Waals surface area contributed by atoms with Crippen molar-refractivity contribution in [3.8, 4) is 6.07 Å². The number of aromatic nitrogens is 2. The van der Waals surface area contributed by atoms with Gasteiger partial charge in [0.25, 0.3) is 5.56 Å². The van der Waals surface area contributed by atoms with E-state index in [1.165, 1.54) is 19.0 Å². The molecule has 16 heavy (non-hydrogen) atoms. The van der Waals surface area contributed by atoms with Crippen LogP contribution in [0.15, 0.2) is 11.0 Å². The van der Waals surface area contributed by atoms with Gasteiger partial charge >= 0.3 is 0 Å². The summed E-state index contributed by atoms with van der Waals surface area (Å²) in [7, 11) is 0. The molecule has 0 bridgehead atoms. The van der Waals surface area contributed by atoms with E-state index >= 15 is 0 Å². The predicted octanol–water partition coefficient (Wildman–Crippen LogP) is 1.94. The van der Waals surface area contributed by atoms with Crippen LogP contribution in [-0.4, -0.2) is 9.97 Å². The van der Waals surface area contributed by atoms with Crippen LogP contribution in [0.4, 0.5) is 0 Å². The van der Waals surface area contributed by atoms with Gasteiger partial charge < -0.3 is 4.98 Å². The highest BCUT2D eigenvalue weighted by Gasteiger charge is 2.26. The van der Waals surface area contributed by atoms with Crippen LogP contribution < -0.4 is 5.56 Å². The Morgan fingerprint density at radius 2 is 2.44 bits per heavy atom. The van der Waals surface area contributed by atoms with Gasteiger partial charge in [-0.1, -0.05) is 13.3 Å². The van der Waals surface area contributed by atoms with E-state index < -0.39 is 0 Å². The minimum atomic E-state index is -0.313. The Bertz CT molecular complexity index is 472. The summed E-state index contributed by atoms with van der Waals surface area (Å²) >= 11 is 0. The number of hydrogen-bond donors (Lipinski definition) is 1. The number of H-pyrrole nitrogens is 1. The first kappa shape index (κ1) is 10.9. The second kappa shape index (κ2) is 4.48. The minimum absolute atomic E-state index is 0.0915. The van der Waals surface area contributed by atoms with E-state index in [1.807, 2.05) is 6.07 Å². The molecule has 2 unspecified atom stereocenters. The van der Waals surface area contributed by atoms with E-state index in [0.29, 0.717) is 5.92 Å². The smallest absolute Gasteiger partial charge is 0.268 e. The largest absolute Gasteiger partial charge is 0.309 e. The number of aromatic amines is 1. The number of nitrogens with one attached hydrogen (secondary N) is 1. The highest BCUT2D eigenvalue weighted by molar-refractivity contribution is 5.22. The van der Waals surface area contributed by atoms with Gasteiger partial charge in [0, 0.05) is 5.92 Å². The molecule has 1 saturated carbocycles. The summed E-state index contributed by atoms with van der Waals surface area (Å²) in [6.07, 6.45) is 5.98. The second-order valence-corrected chi connectivity index (χ2v) is 4.41. The first-order valence-electron chi connectivity index (χ1n) is 5.74. The van der Waals surface area contributed by atoms with Gasteiger partial charge in [0.05, 0.1) is 6.20 Å². The molecule has 84 valence electrons. The molecule has 0 radical (unpaired) electrons. The van der Waals surface area contributed by atoms with Crippen molar-refractivity contribution in [2.75, 3.05) is 0 Å². The van der Waals surface area contributed by atoms with Gasteiger partial charge in [0.15, 0.2) is 0 Å². The van der Waals surface area contributed by atoms with Crippen LogP contribution in [0.25, 0.3) is 0 Å². The van der Waals surface area contributed by atoms with Gasteiger partial charge in [-0.3, -0.25) is 4.79 Å². The lowest BCUT2D eigenvalue weighted by Crippen LogP contribution is -2.15. The third kappa shape index (κ3) is 1.99. The monoisotopic (exact) mass is 217 g/mol. The maximum atomic E-state index is 11.5. The van der Waals surface area contributed by atoms with Crippen molar-refractivity contribution < 1.29 is 0 Å². The topological polar surface area (TPSA) is 69.5 Å². The van der Waals surface area contributed by atoms with E-state index in [1.54, 1.807) is 0 Å². The van der Waals surface area contributed by atoms with Crippen molar-refractivity contribution >= 4 is 0 Å². The molecule has 1 aromatic heterocycles. The lowest BCUT2D eigenvalue weighted by molar-refractivity contribution is 0.516. The first-order valence-corrected chi connectivity index (χ1v) is 5.74. The summed E-state index contributed by atoms with van der Waals surface area (Å²) in [5, 5.41) is 8.64. The molecular weight excluding hydrogens is 202 g/mol. The minimum Gasteiger partial charge on any atom is -0.309 e. The van der Waals surface area contributed by atoms with Crippen LogP contribution in [0.2, 0.25) is 0 Å². The van der Waals surface area contributed by atoms with Gasteiger partial charge in [-0.2, -0.15) is 5.26 Å². The molecule has 2 rings (SSSR count). The summed E-state index contributed by atoms with van der Waals surface area (Å²) in [6.45, 7) is 2.20. The number of nitriles is 1. The lowest BCUT2D eigenvalue weighted by Gasteiger charge is -2.08. The lowest BCUT2D eigenvalue weighted by atomic mass is 10.0. The fourth-order valence-electron chi connectivity index (χ4n) is 2.39. The molecule has 1 N–H and O–H groups in total. The van der Waals surface area contributed by atoms with Crippen molar-refractivity contribution in [1.29, 1.82) is 5.26 Å². The Morgan fingerprint density at radius 3 is 3.00 bits per heavy atom. The highest BCUT2D eigenvalue weighted by Crippen LogP contribution is 2.37. The Kier molecular flexibility index (Phi) is 3.04. The van der Waals surface area contributed by atoms with Crippen LogP contribution in [0, 0.1) is 17.2 Å². The molecule has 1 aliphatic carbocycles. The molecule has 4 nitrogen and oxygen atoms in total. The van der Waals surface area contributed by atoms with Crippen molar-refractivity contribution in [3.05, 3.63) is 27.9 Å². The molecule has 4 heteroatoms. The average molecular weight is 217 g/mol. The van der Waals surface area contributed by atoms with E-state index in [9.17, 15) is 4.79 Å². The van der Waals surface area contributed by atoms with E-state index in [4.69, 9.17) is 5.26 Å². The van der Waals surface area contributed by atoms with Crippen LogP contribution >= 0.6 is 0 Å². The summed E-state index contributed by atoms with van der Waals surface area (Å²) < 4.78 is 0. The first-order chi connectivity index (χ1) is 7.74. The van der Waals surface area contributed by atoms with Crippen LogP contribution in [0.1, 0.15) is 49.9 Å². The molecule has 0 saturated heterocycles. The molecule has 0 aromatic carbocycles. The predicted molar refractivity (Wildman–Crippen MR) is 59.9 cm³/mol. The third-order valence-electron chi connectivity index (χ3n) is 3.44. The molecule has 0 amide bonds. The third-order valence-corrected chi connectivity index (χ3v) is 3.44. The molecular formula is C12H15N3O. The number of hydrogen-bond acceptors (Lipinski definition) is 3. The SMILES string of the molecule is CCC1CCC(c2ncc(C#N)c(=O)[nH]2)C1. The Hall–Kier alpha value is -1.63. The molecule has 0 aliphatic heterocycles. The van der Waals surface area contributed by atoms with Crippen molar-refractivity contribution in [3.63, 3.8) is 0 Å². The van der Waals surface area contributed by atoms with Crippen molar-refractivity contribution in [2.24, 2.45) is 5.92 Å². The van der Waals surface area contributed by atoms with Crippen LogP contribution in [-0.2, 0) is 0 Å². The van der Waals surface area contributed by atoms with Gasteiger partial charge in [0.1, 0.15) is 17.5 Å². The van der Waals surface area contributed by atoms with E-state index in [0.717, 1.165) is 24.6 Å². The molecule has 1 fully saturated rings. The standard InChI is InChI=1S/C12H15N3O/c1-2-8-3-4-9(5-8)11-14-7-10(6-13)12(16)15-11/h7-9H,2-5H2,1H3,(H,14,15,16). The molecule has 0 spiro atoms. The quantitative estimate of drug-likeness (QED) is 0.822. The zero-order valence-electron chi connectivity index (χ0n) is 9.36. The Labute approximate surface area is 94.3 Å². The van der Waals surface area contributed by atoms with Crippen LogP contribution in [0.5, 0.6) is 0 Å². The number of nitrogens with zero attached hydrogens (tertiary/aromatic N) is 2. The summed E-state index contributed by atoms with van der Waals surface area (Å²) in [5.74, 6) is 1.87. The van der Waals surface area contributed by atoms with Crippen LogP contribution in [0.3, 0.4) is 0 Å². The van der Waals surface area contributed by atoms with Gasteiger partial charge in [-0.15, -0.1) is 0 Å². The molecule has 1 aliphatic rings. The average Bonchev–Trinajstić information content (AvgIpc) is 2.77. The zero-order chi connectivity index (χ0) is 11.5. The second-order valence-electron chi connectivity index (χ2n) is 4.41. The summed E-state index contributed by atoms with van der Waals surface area (Å²) in [5.41, 5.74) is -0.221. The highest BCUT2D eigenvalue weighted by atomic mass is 16.1. The van der Waals surface area contributed by atoms with E-state index in [-0.39, 0.29) is 11.1 Å². The van der Waals surface area contributed by atoms with Gasteiger partial charge in [-0.25, -0.2) is 4.98 Å². The Morgan fingerprint density at radius 1 is 1.62 bits per heavy atom.